The lowest BCUT2D eigenvalue weighted by Crippen LogP contribution is -2.54. The maximum Gasteiger partial charge on any atom is 0.254 e. The second-order valence-electron chi connectivity index (χ2n) is 11.6. The lowest BCUT2D eigenvalue weighted by atomic mass is 9.76. The van der Waals surface area contributed by atoms with E-state index in [0.717, 1.165) is 25.1 Å². The molecule has 2 amide bonds. The van der Waals surface area contributed by atoms with Crippen molar-refractivity contribution in [1.82, 2.24) is 14.4 Å². The number of piperazine rings is 1. The van der Waals surface area contributed by atoms with Crippen LogP contribution < -0.4 is 4.90 Å². The SMILES string of the molecule is Cc1ccccc1N1CCN(C(=O)C2c3ccccc3C(=O)N3C4CC4c4cn(C5CC5)cc4C23)CC1. The van der Waals surface area contributed by atoms with E-state index in [1.165, 1.54) is 35.2 Å². The van der Waals surface area contributed by atoms with Crippen LogP contribution in [0.15, 0.2) is 60.9 Å². The summed E-state index contributed by atoms with van der Waals surface area (Å²) < 4.78 is 2.37. The van der Waals surface area contributed by atoms with Crippen molar-refractivity contribution in [1.29, 1.82) is 0 Å². The molecule has 3 aliphatic heterocycles. The Kier molecular flexibility index (Phi) is 4.50. The fraction of sp³-hybridized carbons (Fsp3) is 0.419. The van der Waals surface area contributed by atoms with Gasteiger partial charge in [0.05, 0.1) is 12.0 Å². The third-order valence-electron chi connectivity index (χ3n) is 9.40. The van der Waals surface area contributed by atoms with E-state index in [0.29, 0.717) is 30.6 Å². The van der Waals surface area contributed by atoms with Gasteiger partial charge in [-0.25, -0.2) is 0 Å². The van der Waals surface area contributed by atoms with Gasteiger partial charge in [-0.3, -0.25) is 9.59 Å². The first-order valence-electron chi connectivity index (χ1n) is 13.8. The lowest BCUT2D eigenvalue weighted by molar-refractivity contribution is -0.135. The van der Waals surface area contributed by atoms with Crippen molar-refractivity contribution in [3.05, 3.63) is 88.7 Å². The molecule has 8 rings (SSSR count). The molecule has 2 aromatic carbocycles. The van der Waals surface area contributed by atoms with E-state index in [1.54, 1.807) is 0 Å². The van der Waals surface area contributed by atoms with E-state index in [4.69, 9.17) is 0 Å². The molecule has 1 saturated heterocycles. The number of aromatic nitrogens is 1. The first kappa shape index (κ1) is 21.5. The van der Waals surface area contributed by atoms with Gasteiger partial charge in [0, 0.05) is 67.8 Å². The Morgan fingerprint density at radius 1 is 0.865 bits per heavy atom. The van der Waals surface area contributed by atoms with Crippen LogP contribution in [0, 0.1) is 6.92 Å². The van der Waals surface area contributed by atoms with E-state index >= 15 is 0 Å². The highest BCUT2D eigenvalue weighted by Crippen LogP contribution is 2.60. The molecule has 6 nitrogen and oxygen atoms in total. The van der Waals surface area contributed by atoms with Crippen LogP contribution in [0.2, 0.25) is 0 Å². The summed E-state index contributed by atoms with van der Waals surface area (Å²) in [6, 6.07) is 17.0. The van der Waals surface area contributed by atoms with Crippen LogP contribution in [0.1, 0.15) is 75.8 Å². The lowest BCUT2D eigenvalue weighted by Gasteiger charge is -2.46. The smallest absolute Gasteiger partial charge is 0.254 e. The van der Waals surface area contributed by atoms with Gasteiger partial charge in [0.15, 0.2) is 0 Å². The van der Waals surface area contributed by atoms with Crippen LogP contribution in [0.3, 0.4) is 0 Å². The molecule has 0 N–H and O–H groups in total. The molecule has 37 heavy (non-hydrogen) atoms. The van der Waals surface area contributed by atoms with Crippen LogP contribution in [0.25, 0.3) is 0 Å². The van der Waals surface area contributed by atoms with Gasteiger partial charge in [0.2, 0.25) is 5.91 Å². The molecule has 2 aliphatic carbocycles. The number of anilines is 1. The number of rotatable bonds is 3. The van der Waals surface area contributed by atoms with Gasteiger partial charge >= 0.3 is 0 Å². The third kappa shape index (κ3) is 3.17. The van der Waals surface area contributed by atoms with E-state index in [1.807, 2.05) is 24.3 Å². The van der Waals surface area contributed by atoms with Gasteiger partial charge in [-0.2, -0.15) is 0 Å². The monoisotopic (exact) mass is 492 g/mol. The molecule has 5 aliphatic rings. The molecule has 0 spiro atoms. The number of hydrogen-bond acceptors (Lipinski definition) is 3. The Morgan fingerprint density at radius 3 is 2.38 bits per heavy atom. The zero-order valence-electron chi connectivity index (χ0n) is 21.2. The number of hydrogen-bond donors (Lipinski definition) is 0. The highest BCUT2D eigenvalue weighted by molar-refractivity contribution is 6.02. The molecule has 6 heteroatoms. The molecule has 4 heterocycles. The summed E-state index contributed by atoms with van der Waals surface area (Å²) >= 11 is 0. The topological polar surface area (TPSA) is 48.8 Å². The first-order valence-corrected chi connectivity index (χ1v) is 13.8. The predicted octanol–water partition coefficient (Wildman–Crippen LogP) is 4.63. The first-order chi connectivity index (χ1) is 18.1. The number of carbonyl (C=O) groups is 2. The molecule has 3 aromatic rings. The van der Waals surface area contributed by atoms with Crippen molar-refractivity contribution in [3.63, 3.8) is 0 Å². The number of benzene rings is 2. The number of para-hydroxylation sites is 1. The minimum Gasteiger partial charge on any atom is -0.368 e. The molecule has 3 fully saturated rings. The molecular formula is C31H32N4O2. The van der Waals surface area contributed by atoms with E-state index in [9.17, 15) is 9.59 Å². The van der Waals surface area contributed by atoms with Gasteiger partial charge < -0.3 is 19.3 Å². The van der Waals surface area contributed by atoms with Crippen LogP contribution in [0.5, 0.6) is 0 Å². The molecule has 4 atom stereocenters. The van der Waals surface area contributed by atoms with Crippen molar-refractivity contribution in [3.8, 4) is 0 Å². The number of nitrogens with zero attached hydrogens (tertiary/aromatic N) is 4. The minimum absolute atomic E-state index is 0.103. The predicted molar refractivity (Wildman–Crippen MR) is 142 cm³/mol. The second-order valence-corrected chi connectivity index (χ2v) is 11.6. The fourth-order valence-corrected chi connectivity index (χ4v) is 7.27. The standard InChI is InChI=1S/C31H32N4O2/c1-19-6-2-5-9-26(19)32-12-14-33(15-13-32)31(37)28-21-7-3-4-8-22(21)30(36)35-27-16-23(27)24-17-34(20-10-11-20)18-25(24)29(28)35/h2-9,17-18,20,23,27-29H,10-16H2,1H3. The van der Waals surface area contributed by atoms with Gasteiger partial charge in [-0.05, 0) is 60.6 Å². The maximum atomic E-state index is 14.4. The summed E-state index contributed by atoms with van der Waals surface area (Å²) in [5.41, 5.74) is 6.74. The molecule has 2 saturated carbocycles. The van der Waals surface area contributed by atoms with Crippen molar-refractivity contribution in [2.75, 3.05) is 31.1 Å². The Morgan fingerprint density at radius 2 is 1.59 bits per heavy atom. The number of carbonyl (C=O) groups excluding carboxylic acids is 2. The minimum atomic E-state index is -0.353. The zero-order chi connectivity index (χ0) is 24.8. The van der Waals surface area contributed by atoms with Crippen molar-refractivity contribution in [2.45, 2.75) is 56.1 Å². The van der Waals surface area contributed by atoms with Crippen LogP contribution in [-0.4, -0.2) is 58.4 Å². The molecule has 0 radical (unpaired) electrons. The second kappa shape index (κ2) is 7.73. The van der Waals surface area contributed by atoms with Crippen LogP contribution >= 0.6 is 0 Å². The normalized spacial score (nSPS) is 27.8. The van der Waals surface area contributed by atoms with Gasteiger partial charge in [-0.1, -0.05) is 36.4 Å². The summed E-state index contributed by atoms with van der Waals surface area (Å²) in [4.78, 5) is 34.8. The van der Waals surface area contributed by atoms with Gasteiger partial charge in [0.25, 0.3) is 5.91 Å². The molecular weight excluding hydrogens is 460 g/mol. The number of fused-ring (bicyclic) bond motifs is 7. The van der Waals surface area contributed by atoms with Gasteiger partial charge in [-0.15, -0.1) is 0 Å². The van der Waals surface area contributed by atoms with Gasteiger partial charge in [0.1, 0.15) is 0 Å². The summed E-state index contributed by atoms with van der Waals surface area (Å²) in [6.45, 7) is 5.21. The molecule has 188 valence electrons. The molecule has 4 unspecified atom stereocenters. The Hall–Kier alpha value is -3.54. The fourth-order valence-electron chi connectivity index (χ4n) is 7.27. The number of amides is 2. The Bertz CT molecular complexity index is 1430. The summed E-state index contributed by atoms with van der Waals surface area (Å²) in [5.74, 6) is 0.345. The summed E-state index contributed by atoms with van der Waals surface area (Å²) in [6.07, 6.45) is 8.08. The van der Waals surface area contributed by atoms with Crippen LogP contribution in [0.4, 0.5) is 5.69 Å². The average molecular weight is 493 g/mol. The highest BCUT2D eigenvalue weighted by Gasteiger charge is 2.59. The van der Waals surface area contributed by atoms with E-state index < -0.39 is 0 Å². The van der Waals surface area contributed by atoms with Crippen molar-refractivity contribution >= 4 is 17.5 Å². The van der Waals surface area contributed by atoms with E-state index in [-0.39, 0.29) is 29.8 Å². The number of aryl methyl sites for hydroxylation is 1. The maximum absolute atomic E-state index is 14.4. The van der Waals surface area contributed by atoms with E-state index in [2.05, 4.69) is 62.8 Å². The third-order valence-corrected chi connectivity index (χ3v) is 9.40. The molecule has 0 bridgehead atoms. The highest BCUT2D eigenvalue weighted by atomic mass is 16.2. The zero-order valence-corrected chi connectivity index (χ0v) is 21.2. The van der Waals surface area contributed by atoms with Crippen molar-refractivity contribution < 1.29 is 9.59 Å². The Balaban J connectivity index is 1.16. The average Bonchev–Trinajstić information content (AvgIpc) is 3.87. The Labute approximate surface area is 217 Å². The molecule has 1 aromatic heterocycles. The quantitative estimate of drug-likeness (QED) is 0.536. The van der Waals surface area contributed by atoms with Crippen molar-refractivity contribution in [2.24, 2.45) is 0 Å². The summed E-state index contributed by atoms with van der Waals surface area (Å²) in [7, 11) is 0. The van der Waals surface area contributed by atoms with Crippen LogP contribution in [-0.2, 0) is 4.79 Å². The largest absolute Gasteiger partial charge is 0.368 e. The summed E-state index contributed by atoms with van der Waals surface area (Å²) in [5, 5.41) is 0.